The Labute approximate surface area is 194 Å². The van der Waals surface area contributed by atoms with Crippen LogP contribution in [-0.4, -0.2) is 32.9 Å². The van der Waals surface area contributed by atoms with Gasteiger partial charge in [-0.25, -0.2) is 18.3 Å². The number of amides is 1. The molecule has 170 valence electrons. The summed E-state index contributed by atoms with van der Waals surface area (Å²) < 4.78 is 34.5. The van der Waals surface area contributed by atoms with Crippen LogP contribution in [0.5, 0.6) is 5.75 Å². The smallest absolute Gasteiger partial charge is 0.234 e. The highest BCUT2D eigenvalue weighted by molar-refractivity contribution is 8.00. The maximum atomic E-state index is 13.8. The third kappa shape index (κ3) is 5.48. The average Bonchev–Trinajstić information content (AvgIpc) is 3.25. The van der Waals surface area contributed by atoms with Crippen molar-refractivity contribution in [2.24, 2.45) is 0 Å². The number of halogens is 2. The van der Waals surface area contributed by atoms with E-state index >= 15 is 0 Å². The van der Waals surface area contributed by atoms with Crippen LogP contribution in [0.15, 0.2) is 66.0 Å². The number of fused-ring (bicyclic) bond motifs is 1. The Hall–Kier alpha value is -3.46. The lowest BCUT2D eigenvalue weighted by molar-refractivity contribution is -0.113. The summed E-state index contributed by atoms with van der Waals surface area (Å²) in [4.78, 5) is 16.7. The molecule has 4 rings (SSSR count). The highest BCUT2D eigenvalue weighted by Crippen LogP contribution is 2.32. The molecule has 2 aromatic carbocycles. The predicted molar refractivity (Wildman–Crippen MR) is 125 cm³/mol. The van der Waals surface area contributed by atoms with Crippen LogP contribution in [0.25, 0.3) is 16.8 Å². The summed E-state index contributed by atoms with van der Waals surface area (Å²) in [5.41, 5.74) is 2.27. The van der Waals surface area contributed by atoms with Gasteiger partial charge in [-0.2, -0.15) is 5.10 Å². The highest BCUT2D eigenvalue weighted by Gasteiger charge is 2.15. The number of hydrogen-bond donors (Lipinski definition) is 1. The Bertz CT molecular complexity index is 1280. The van der Waals surface area contributed by atoms with Crippen LogP contribution in [0.1, 0.15) is 19.8 Å². The Morgan fingerprint density at radius 2 is 2.03 bits per heavy atom. The fourth-order valence-electron chi connectivity index (χ4n) is 3.18. The minimum atomic E-state index is -0.825. The first-order valence-corrected chi connectivity index (χ1v) is 11.5. The topological polar surface area (TPSA) is 68.5 Å². The van der Waals surface area contributed by atoms with Crippen LogP contribution >= 0.6 is 11.8 Å². The number of aromatic nitrogens is 3. The van der Waals surface area contributed by atoms with Gasteiger partial charge < -0.3 is 10.1 Å². The van der Waals surface area contributed by atoms with Crippen molar-refractivity contribution < 1.29 is 18.3 Å². The lowest BCUT2D eigenvalue weighted by Crippen LogP contribution is -2.15. The van der Waals surface area contributed by atoms with Gasteiger partial charge in [0.1, 0.15) is 22.4 Å². The van der Waals surface area contributed by atoms with Crippen molar-refractivity contribution in [1.82, 2.24) is 14.6 Å². The molecule has 0 spiro atoms. The van der Waals surface area contributed by atoms with Crippen LogP contribution < -0.4 is 10.1 Å². The van der Waals surface area contributed by atoms with Gasteiger partial charge in [0.05, 0.1) is 29.3 Å². The number of rotatable bonds is 9. The van der Waals surface area contributed by atoms with E-state index in [-0.39, 0.29) is 11.4 Å². The molecule has 0 aliphatic rings. The minimum absolute atomic E-state index is 0.000713. The molecule has 0 aliphatic carbocycles. The van der Waals surface area contributed by atoms with E-state index < -0.39 is 17.5 Å². The van der Waals surface area contributed by atoms with Gasteiger partial charge in [-0.1, -0.05) is 37.2 Å². The zero-order chi connectivity index (χ0) is 23.2. The number of ether oxygens (including phenoxy) is 1. The normalized spacial score (nSPS) is 11.0. The molecule has 0 aliphatic heterocycles. The Balaban J connectivity index is 1.51. The van der Waals surface area contributed by atoms with Gasteiger partial charge in [-0.05, 0) is 36.8 Å². The van der Waals surface area contributed by atoms with Crippen molar-refractivity contribution in [2.75, 3.05) is 17.7 Å². The lowest BCUT2D eigenvalue weighted by atomic mass is 10.1. The second-order valence-electron chi connectivity index (χ2n) is 7.25. The molecule has 4 aromatic rings. The molecule has 0 fully saturated rings. The predicted octanol–water partition coefficient (Wildman–Crippen LogP) is 5.58. The molecule has 1 N–H and O–H groups in total. The molecule has 2 heterocycles. The van der Waals surface area contributed by atoms with E-state index in [1.54, 1.807) is 16.9 Å². The van der Waals surface area contributed by atoms with Gasteiger partial charge in [0.2, 0.25) is 5.91 Å². The molecule has 0 atom stereocenters. The van der Waals surface area contributed by atoms with Crippen molar-refractivity contribution in [2.45, 2.75) is 24.8 Å². The monoisotopic (exact) mass is 468 g/mol. The molecule has 6 nitrogen and oxygen atoms in total. The first-order chi connectivity index (χ1) is 16.0. The largest absolute Gasteiger partial charge is 0.493 e. The lowest BCUT2D eigenvalue weighted by Gasteiger charge is -2.09. The number of nitrogens with zero attached hydrogens (tertiary/aromatic N) is 3. The second kappa shape index (κ2) is 10.4. The molecule has 9 heteroatoms. The quantitative estimate of drug-likeness (QED) is 0.256. The van der Waals surface area contributed by atoms with Gasteiger partial charge in [0.15, 0.2) is 0 Å². The van der Waals surface area contributed by atoms with E-state index in [9.17, 15) is 13.6 Å². The van der Waals surface area contributed by atoms with Crippen molar-refractivity contribution in [3.8, 4) is 17.0 Å². The Kier molecular flexibility index (Phi) is 7.19. The maximum Gasteiger partial charge on any atom is 0.234 e. The SMILES string of the molecule is CCCCOc1ccccc1-c1cc2c(SCC(=O)Nc3ccc(F)cc3F)nccn2n1. The van der Waals surface area contributed by atoms with Crippen LogP contribution in [0.4, 0.5) is 14.5 Å². The minimum Gasteiger partial charge on any atom is -0.493 e. The van der Waals surface area contributed by atoms with E-state index in [4.69, 9.17) is 4.74 Å². The molecule has 0 saturated heterocycles. The van der Waals surface area contributed by atoms with Gasteiger partial charge in [0.25, 0.3) is 0 Å². The molecule has 33 heavy (non-hydrogen) atoms. The van der Waals surface area contributed by atoms with Crippen molar-refractivity contribution in [1.29, 1.82) is 0 Å². The van der Waals surface area contributed by atoms with E-state index in [1.165, 1.54) is 17.8 Å². The van der Waals surface area contributed by atoms with E-state index in [0.717, 1.165) is 47.5 Å². The standard InChI is InChI=1S/C24H22F2N4O2S/c1-2-3-12-32-22-7-5-4-6-17(22)20-14-21-24(27-10-11-30(21)29-20)33-15-23(31)28-19-9-8-16(25)13-18(19)26/h4-11,13-14H,2-3,12,15H2,1H3,(H,28,31). The van der Waals surface area contributed by atoms with E-state index in [2.05, 4.69) is 22.3 Å². The number of benzene rings is 2. The van der Waals surface area contributed by atoms with Gasteiger partial charge >= 0.3 is 0 Å². The Morgan fingerprint density at radius 1 is 1.18 bits per heavy atom. The van der Waals surface area contributed by atoms with Crippen LogP contribution in [0, 0.1) is 11.6 Å². The van der Waals surface area contributed by atoms with E-state index in [1.807, 2.05) is 30.3 Å². The van der Waals surface area contributed by atoms with Crippen molar-refractivity contribution in [3.63, 3.8) is 0 Å². The molecule has 1 amide bonds. The zero-order valence-electron chi connectivity index (χ0n) is 17.9. The first-order valence-electron chi connectivity index (χ1n) is 10.5. The Morgan fingerprint density at radius 3 is 2.85 bits per heavy atom. The maximum absolute atomic E-state index is 13.8. The molecular formula is C24H22F2N4O2S. The number of thioether (sulfide) groups is 1. The molecule has 0 saturated carbocycles. The first kappa shape index (κ1) is 22.7. The number of hydrogen-bond acceptors (Lipinski definition) is 5. The summed E-state index contributed by atoms with van der Waals surface area (Å²) in [5.74, 6) is -1.19. The summed E-state index contributed by atoms with van der Waals surface area (Å²) in [6.07, 6.45) is 5.35. The molecule has 0 radical (unpaired) electrons. The third-order valence-corrected chi connectivity index (χ3v) is 5.81. The zero-order valence-corrected chi connectivity index (χ0v) is 18.7. The summed E-state index contributed by atoms with van der Waals surface area (Å²) in [5, 5.41) is 7.70. The summed E-state index contributed by atoms with van der Waals surface area (Å²) in [6.45, 7) is 2.74. The highest BCUT2D eigenvalue weighted by atomic mass is 32.2. The molecule has 2 aromatic heterocycles. The second-order valence-corrected chi connectivity index (χ2v) is 8.22. The van der Waals surface area contributed by atoms with Gasteiger partial charge in [0, 0.05) is 24.0 Å². The third-order valence-electron chi connectivity index (χ3n) is 4.82. The summed E-state index contributed by atoms with van der Waals surface area (Å²) >= 11 is 1.20. The number of para-hydroxylation sites is 1. The number of unbranched alkanes of at least 4 members (excludes halogenated alkanes) is 1. The summed E-state index contributed by atoms with van der Waals surface area (Å²) in [7, 11) is 0. The number of anilines is 1. The van der Waals surface area contributed by atoms with E-state index in [0.29, 0.717) is 11.6 Å². The summed E-state index contributed by atoms with van der Waals surface area (Å²) in [6, 6.07) is 12.6. The molecular weight excluding hydrogens is 446 g/mol. The van der Waals surface area contributed by atoms with Crippen molar-refractivity contribution >= 4 is 28.9 Å². The van der Waals surface area contributed by atoms with Crippen LogP contribution in [-0.2, 0) is 4.79 Å². The van der Waals surface area contributed by atoms with Crippen molar-refractivity contribution in [3.05, 3.63) is 72.6 Å². The molecule has 0 bridgehead atoms. The average molecular weight is 469 g/mol. The number of carbonyl (C=O) groups excluding carboxylic acids is 1. The fraction of sp³-hybridized carbons (Fsp3) is 0.208. The van der Waals surface area contributed by atoms with Gasteiger partial charge in [-0.15, -0.1) is 0 Å². The van der Waals surface area contributed by atoms with Gasteiger partial charge in [-0.3, -0.25) is 4.79 Å². The fourth-order valence-corrected chi connectivity index (χ4v) is 3.96. The van der Waals surface area contributed by atoms with Crippen LogP contribution in [0.3, 0.4) is 0 Å². The molecule has 0 unspecified atom stereocenters. The number of nitrogens with one attached hydrogen (secondary N) is 1. The number of carbonyl (C=O) groups is 1. The van der Waals surface area contributed by atoms with Crippen LogP contribution in [0.2, 0.25) is 0 Å².